The van der Waals surface area contributed by atoms with Crippen molar-refractivity contribution < 1.29 is 30.3 Å². The molecule has 0 saturated carbocycles. The van der Waals surface area contributed by atoms with Crippen LogP contribution in [-0.4, -0.2) is 87.8 Å². The molecule has 3 rings (SSSR count). The second kappa shape index (κ2) is 9.21. The number of likely N-dealkylation sites (tertiary alicyclic amines) is 1. The Bertz CT molecular complexity index is 1040. The molecule has 1 aromatic carbocycles. The fourth-order valence-corrected chi connectivity index (χ4v) is 6.31. The quantitative estimate of drug-likeness (QED) is 0.580. The summed E-state index contributed by atoms with van der Waals surface area (Å²) in [6, 6.07) is 5.82. The maximum atomic E-state index is 13.0. The number of carbonyl (C=O) groups excluding carboxylic acids is 2. The van der Waals surface area contributed by atoms with Crippen LogP contribution in [0.25, 0.3) is 0 Å². The summed E-state index contributed by atoms with van der Waals surface area (Å²) in [6.45, 7) is 3.01. The molecule has 31 heavy (non-hydrogen) atoms. The Kier molecular flexibility index (Phi) is 7.01. The monoisotopic (exact) mass is 475 g/mol. The fourth-order valence-electron chi connectivity index (χ4n) is 3.95. The third-order valence-corrected chi connectivity index (χ3v) is 8.50. The minimum absolute atomic E-state index is 0.00744. The topological polar surface area (TPSA) is 112 Å². The van der Waals surface area contributed by atoms with Gasteiger partial charge in [-0.05, 0) is 37.0 Å². The Balaban J connectivity index is 1.67. The van der Waals surface area contributed by atoms with Crippen LogP contribution in [-0.2, 0) is 25.0 Å². The van der Waals surface area contributed by atoms with E-state index in [0.717, 1.165) is 0 Å². The lowest BCUT2D eigenvalue weighted by molar-refractivity contribution is -0.129. The van der Waals surface area contributed by atoms with E-state index >= 15 is 0 Å². The molecular formula is C19H26FN3O6S2. The second-order valence-corrected chi connectivity index (χ2v) is 11.2. The molecule has 0 aromatic heterocycles. The molecule has 12 heteroatoms. The van der Waals surface area contributed by atoms with E-state index < -0.39 is 26.0 Å². The van der Waals surface area contributed by atoms with E-state index in [1.807, 2.05) is 0 Å². The first kappa shape index (κ1) is 23.6. The normalized spacial score (nSPS) is 19.4. The van der Waals surface area contributed by atoms with Gasteiger partial charge in [-0.15, -0.1) is 3.89 Å². The first-order valence-electron chi connectivity index (χ1n) is 10.0. The van der Waals surface area contributed by atoms with Crippen molar-refractivity contribution in [2.24, 2.45) is 5.92 Å². The molecule has 0 aliphatic carbocycles. The lowest BCUT2D eigenvalue weighted by Gasteiger charge is -2.33. The number of amides is 2. The summed E-state index contributed by atoms with van der Waals surface area (Å²) < 4.78 is 61.8. The smallest absolute Gasteiger partial charge is 0.302 e. The SMILES string of the molecule is CC(=O)N1CCN(S(=O)(=O)c2cccc(C(=O)N3CCC(CS(=O)(=O)F)CC3)c2)CC1. The number of piperidine rings is 1. The highest BCUT2D eigenvalue weighted by atomic mass is 32.3. The van der Waals surface area contributed by atoms with Gasteiger partial charge in [0.15, 0.2) is 0 Å². The first-order valence-corrected chi connectivity index (χ1v) is 13.0. The van der Waals surface area contributed by atoms with Gasteiger partial charge >= 0.3 is 10.2 Å². The fraction of sp³-hybridized carbons (Fsp3) is 0.579. The van der Waals surface area contributed by atoms with Crippen LogP contribution in [0, 0.1) is 5.92 Å². The third-order valence-electron chi connectivity index (χ3n) is 5.74. The highest BCUT2D eigenvalue weighted by molar-refractivity contribution is 7.89. The molecule has 2 fully saturated rings. The molecule has 0 bridgehead atoms. The number of sulfonamides is 1. The molecule has 9 nitrogen and oxygen atoms in total. The lowest BCUT2D eigenvalue weighted by atomic mass is 9.98. The summed E-state index contributed by atoms with van der Waals surface area (Å²) in [5.41, 5.74) is 0.222. The number of rotatable bonds is 5. The van der Waals surface area contributed by atoms with Crippen LogP contribution in [0.4, 0.5) is 3.89 Å². The van der Waals surface area contributed by atoms with Gasteiger partial charge in [-0.1, -0.05) is 6.07 Å². The summed E-state index contributed by atoms with van der Waals surface area (Å²) in [6.07, 6.45) is 0.737. The number of hydrogen-bond acceptors (Lipinski definition) is 6. The Hall–Kier alpha value is -2.05. The summed E-state index contributed by atoms with van der Waals surface area (Å²) in [7, 11) is -8.36. The molecule has 2 aliphatic heterocycles. The summed E-state index contributed by atoms with van der Waals surface area (Å²) in [4.78, 5) is 27.4. The van der Waals surface area contributed by atoms with E-state index in [0.29, 0.717) is 25.9 Å². The molecule has 2 aliphatic rings. The summed E-state index contributed by atoms with van der Waals surface area (Å²) in [5, 5.41) is 0. The van der Waals surface area contributed by atoms with Gasteiger partial charge in [0, 0.05) is 51.8 Å². The van der Waals surface area contributed by atoms with Crippen molar-refractivity contribution in [3.63, 3.8) is 0 Å². The highest BCUT2D eigenvalue weighted by Gasteiger charge is 2.31. The van der Waals surface area contributed by atoms with Gasteiger partial charge in [-0.2, -0.15) is 12.7 Å². The largest absolute Gasteiger partial charge is 0.340 e. The van der Waals surface area contributed by atoms with Gasteiger partial charge in [0.25, 0.3) is 5.91 Å². The van der Waals surface area contributed by atoms with Crippen LogP contribution in [0.3, 0.4) is 0 Å². The maximum absolute atomic E-state index is 13.0. The lowest BCUT2D eigenvalue weighted by Crippen LogP contribution is -2.49. The second-order valence-electron chi connectivity index (χ2n) is 7.88. The summed E-state index contributed by atoms with van der Waals surface area (Å²) in [5.74, 6) is -1.32. The zero-order valence-corrected chi connectivity index (χ0v) is 18.9. The first-order chi connectivity index (χ1) is 14.5. The number of hydrogen-bond donors (Lipinski definition) is 0. The Morgan fingerprint density at radius 3 is 2.13 bits per heavy atom. The predicted octanol–water partition coefficient (Wildman–Crippen LogP) is 0.691. The Morgan fingerprint density at radius 1 is 0.968 bits per heavy atom. The van der Waals surface area contributed by atoms with Crippen molar-refractivity contribution in [1.29, 1.82) is 0 Å². The number of nitrogens with zero attached hydrogens (tertiary/aromatic N) is 3. The van der Waals surface area contributed by atoms with Gasteiger partial charge in [0.05, 0.1) is 10.6 Å². The van der Waals surface area contributed by atoms with Crippen LogP contribution in [0.15, 0.2) is 29.2 Å². The van der Waals surface area contributed by atoms with E-state index in [1.54, 1.807) is 4.90 Å². The van der Waals surface area contributed by atoms with Gasteiger partial charge in [-0.25, -0.2) is 8.42 Å². The van der Waals surface area contributed by atoms with Crippen molar-refractivity contribution >= 4 is 32.1 Å². The van der Waals surface area contributed by atoms with Gasteiger partial charge in [0.2, 0.25) is 15.9 Å². The average Bonchev–Trinajstić information content (AvgIpc) is 2.73. The molecule has 2 heterocycles. The highest BCUT2D eigenvalue weighted by Crippen LogP contribution is 2.23. The molecule has 0 atom stereocenters. The zero-order valence-electron chi connectivity index (χ0n) is 17.2. The van der Waals surface area contributed by atoms with Gasteiger partial charge < -0.3 is 9.80 Å². The van der Waals surface area contributed by atoms with E-state index in [9.17, 15) is 30.3 Å². The number of piperazine rings is 1. The summed E-state index contributed by atoms with van der Waals surface area (Å²) >= 11 is 0. The van der Waals surface area contributed by atoms with Crippen molar-refractivity contribution in [1.82, 2.24) is 14.1 Å². The van der Waals surface area contributed by atoms with Crippen LogP contribution in [0.2, 0.25) is 0 Å². The van der Waals surface area contributed by atoms with Crippen LogP contribution < -0.4 is 0 Å². The minimum atomic E-state index is -4.55. The van der Waals surface area contributed by atoms with Crippen LogP contribution in [0.1, 0.15) is 30.1 Å². The number of benzene rings is 1. The Morgan fingerprint density at radius 2 is 1.58 bits per heavy atom. The van der Waals surface area contributed by atoms with Gasteiger partial charge in [0.1, 0.15) is 0 Å². The minimum Gasteiger partial charge on any atom is -0.340 e. The van der Waals surface area contributed by atoms with E-state index in [1.165, 1.54) is 40.4 Å². The molecule has 2 amide bonds. The molecule has 0 spiro atoms. The van der Waals surface area contributed by atoms with Crippen molar-refractivity contribution in [3.8, 4) is 0 Å². The van der Waals surface area contributed by atoms with Gasteiger partial charge in [-0.3, -0.25) is 9.59 Å². The van der Waals surface area contributed by atoms with E-state index in [2.05, 4.69) is 0 Å². The average molecular weight is 476 g/mol. The van der Waals surface area contributed by atoms with Crippen molar-refractivity contribution in [2.75, 3.05) is 45.0 Å². The maximum Gasteiger partial charge on any atom is 0.302 e. The Labute approximate surface area is 182 Å². The van der Waals surface area contributed by atoms with E-state index in [-0.39, 0.29) is 54.4 Å². The number of halogens is 1. The molecule has 1 aromatic rings. The standard InChI is InChI=1S/C19H26FN3O6S2/c1-15(24)21-9-11-23(12-10-21)31(28,29)18-4-2-3-17(13-18)19(25)22-7-5-16(6-8-22)14-30(20,26)27/h2-4,13,16H,5-12,14H2,1H3. The number of carbonyl (C=O) groups is 2. The third kappa shape index (κ3) is 5.80. The molecule has 0 radical (unpaired) electrons. The van der Waals surface area contributed by atoms with Crippen molar-refractivity contribution in [2.45, 2.75) is 24.7 Å². The van der Waals surface area contributed by atoms with Crippen LogP contribution in [0.5, 0.6) is 0 Å². The van der Waals surface area contributed by atoms with Crippen molar-refractivity contribution in [3.05, 3.63) is 29.8 Å². The van der Waals surface area contributed by atoms with Crippen LogP contribution >= 0.6 is 0 Å². The molecule has 172 valence electrons. The van der Waals surface area contributed by atoms with E-state index in [4.69, 9.17) is 0 Å². The zero-order chi connectivity index (χ0) is 22.8. The predicted molar refractivity (Wildman–Crippen MR) is 111 cm³/mol. The molecule has 0 N–H and O–H groups in total. The molecule has 0 unspecified atom stereocenters. The molecular weight excluding hydrogens is 449 g/mol. The molecule has 2 saturated heterocycles.